The molecular weight excluding hydrogens is 436 g/mol. The molecule has 1 aromatic heterocycles. The van der Waals surface area contributed by atoms with Gasteiger partial charge in [-0.05, 0) is 71.5 Å². The van der Waals surface area contributed by atoms with Crippen LogP contribution in [0.15, 0.2) is 54.9 Å². The molecule has 0 saturated carbocycles. The van der Waals surface area contributed by atoms with Crippen LogP contribution in [0.5, 0.6) is 0 Å². The van der Waals surface area contributed by atoms with E-state index in [1.807, 2.05) is 25.1 Å². The molecule has 0 aliphatic rings. The number of aryl methyl sites for hydroxylation is 1. The summed E-state index contributed by atoms with van der Waals surface area (Å²) in [6.07, 6.45) is 3.35. The molecule has 0 fully saturated rings. The van der Waals surface area contributed by atoms with Gasteiger partial charge in [-0.15, -0.1) is 0 Å². The van der Waals surface area contributed by atoms with Gasteiger partial charge in [0.25, 0.3) is 5.91 Å². The first-order chi connectivity index (χ1) is 12.0. The first kappa shape index (κ1) is 17.4. The minimum absolute atomic E-state index is 0.130. The second-order valence-electron chi connectivity index (χ2n) is 5.46. The van der Waals surface area contributed by atoms with Crippen molar-refractivity contribution < 1.29 is 14.4 Å². The molecule has 1 heterocycles. The molecule has 0 spiro atoms. The number of anilines is 2. The number of hydrogen-bond acceptors (Lipinski definition) is 3. The van der Waals surface area contributed by atoms with E-state index in [-0.39, 0.29) is 16.9 Å². The fourth-order valence-corrected chi connectivity index (χ4v) is 3.17. The summed E-state index contributed by atoms with van der Waals surface area (Å²) in [6.45, 7) is 1.92. The molecule has 0 aliphatic heterocycles. The molecule has 0 bridgehead atoms. The Morgan fingerprint density at radius 3 is 2.52 bits per heavy atom. The van der Waals surface area contributed by atoms with Crippen LogP contribution in [0.25, 0.3) is 5.69 Å². The minimum atomic E-state index is -0.723. The van der Waals surface area contributed by atoms with E-state index in [2.05, 4.69) is 27.9 Å². The van der Waals surface area contributed by atoms with E-state index >= 15 is 0 Å². The van der Waals surface area contributed by atoms with E-state index in [4.69, 9.17) is 5.21 Å². The number of rotatable bonds is 4. The van der Waals surface area contributed by atoms with E-state index in [1.54, 1.807) is 34.6 Å². The van der Waals surface area contributed by atoms with E-state index in [0.717, 1.165) is 14.8 Å². The molecule has 5 nitrogen and oxygen atoms in total. The van der Waals surface area contributed by atoms with Crippen molar-refractivity contribution in [3.05, 3.63) is 75.4 Å². The summed E-state index contributed by atoms with van der Waals surface area (Å²) in [6, 6.07) is 11.9. The average Bonchev–Trinajstić information content (AvgIpc) is 3.11. The highest BCUT2D eigenvalue weighted by Gasteiger charge is 2.17. The van der Waals surface area contributed by atoms with Crippen molar-refractivity contribution in [2.75, 3.05) is 5.32 Å². The number of carbonyl (C=O) groups is 1. The average molecular weight is 451 g/mol. The highest BCUT2D eigenvalue weighted by Crippen LogP contribution is 2.28. The van der Waals surface area contributed by atoms with Crippen LogP contribution in [0, 0.1) is 16.3 Å². The van der Waals surface area contributed by atoms with E-state index in [0.29, 0.717) is 0 Å². The summed E-state index contributed by atoms with van der Waals surface area (Å²) < 4.78 is 17.2. The fraction of sp³-hybridized carbons (Fsp3) is 0.0556. The smallest absolute Gasteiger partial charge is 0.276 e. The standard InChI is InChI=1S/C18H15FIN3O2/c1-11-8-12(20)4-5-15(11)21-16-10-14(19)17(23-6-2-3-7-23)9-13(16)18(24)22-25/h2-10,21,25H,1H3,(H,22,24). The molecule has 25 heavy (non-hydrogen) atoms. The predicted molar refractivity (Wildman–Crippen MR) is 102 cm³/mol. The molecule has 3 N–H and O–H groups in total. The van der Waals surface area contributed by atoms with Crippen LogP contribution in [0.4, 0.5) is 15.8 Å². The maximum Gasteiger partial charge on any atom is 0.276 e. The van der Waals surface area contributed by atoms with Crippen molar-refractivity contribution in [2.45, 2.75) is 6.92 Å². The highest BCUT2D eigenvalue weighted by atomic mass is 127. The van der Waals surface area contributed by atoms with Crippen molar-refractivity contribution in [2.24, 2.45) is 0 Å². The molecule has 0 unspecified atom stereocenters. The topological polar surface area (TPSA) is 66.3 Å². The zero-order valence-corrected chi connectivity index (χ0v) is 15.4. The van der Waals surface area contributed by atoms with E-state index in [1.165, 1.54) is 12.1 Å². The Bertz CT molecular complexity index is 926. The number of nitrogens with zero attached hydrogens (tertiary/aromatic N) is 1. The second-order valence-corrected chi connectivity index (χ2v) is 6.71. The minimum Gasteiger partial charge on any atom is -0.355 e. The Kier molecular flexibility index (Phi) is 5.05. The lowest BCUT2D eigenvalue weighted by atomic mass is 10.1. The number of halogens is 2. The quantitative estimate of drug-likeness (QED) is 0.313. The number of amides is 1. The molecule has 1 amide bonds. The largest absolute Gasteiger partial charge is 0.355 e. The van der Waals surface area contributed by atoms with Gasteiger partial charge in [-0.2, -0.15) is 0 Å². The number of aromatic nitrogens is 1. The Balaban J connectivity index is 2.09. The van der Waals surface area contributed by atoms with Gasteiger partial charge in [0.2, 0.25) is 0 Å². The molecule has 3 aromatic rings. The third kappa shape index (κ3) is 3.67. The Morgan fingerprint density at radius 1 is 1.16 bits per heavy atom. The normalized spacial score (nSPS) is 10.6. The van der Waals surface area contributed by atoms with Crippen molar-refractivity contribution in [1.29, 1.82) is 0 Å². The molecule has 2 aromatic carbocycles. The van der Waals surface area contributed by atoms with Crippen LogP contribution in [0.2, 0.25) is 0 Å². The lowest BCUT2D eigenvalue weighted by molar-refractivity contribution is 0.0707. The number of hydroxylamine groups is 1. The molecule has 0 radical (unpaired) electrons. The lowest BCUT2D eigenvalue weighted by Gasteiger charge is -2.16. The van der Waals surface area contributed by atoms with Gasteiger partial charge in [0.15, 0.2) is 0 Å². The zero-order valence-electron chi connectivity index (χ0n) is 13.3. The summed E-state index contributed by atoms with van der Waals surface area (Å²) in [5.74, 6) is -1.21. The van der Waals surface area contributed by atoms with E-state index in [9.17, 15) is 9.18 Å². The first-order valence-electron chi connectivity index (χ1n) is 7.44. The number of hydrogen-bond donors (Lipinski definition) is 3. The first-order valence-corrected chi connectivity index (χ1v) is 8.52. The molecular formula is C18H15FIN3O2. The summed E-state index contributed by atoms with van der Waals surface area (Å²) in [4.78, 5) is 12.1. The van der Waals surface area contributed by atoms with Crippen molar-refractivity contribution in [3.8, 4) is 5.69 Å². The van der Waals surface area contributed by atoms with Crippen LogP contribution < -0.4 is 10.8 Å². The number of nitrogens with one attached hydrogen (secondary N) is 2. The fourth-order valence-electron chi connectivity index (χ4n) is 2.52. The van der Waals surface area contributed by atoms with Gasteiger partial charge in [-0.3, -0.25) is 10.0 Å². The van der Waals surface area contributed by atoms with Crippen LogP contribution in [0.3, 0.4) is 0 Å². The van der Waals surface area contributed by atoms with Crippen molar-refractivity contribution in [3.63, 3.8) is 0 Å². The van der Waals surface area contributed by atoms with Crippen LogP contribution in [-0.4, -0.2) is 15.7 Å². The predicted octanol–water partition coefficient (Wildman–Crippen LogP) is 4.39. The van der Waals surface area contributed by atoms with Crippen LogP contribution in [-0.2, 0) is 0 Å². The third-order valence-electron chi connectivity index (χ3n) is 3.77. The Morgan fingerprint density at radius 2 is 1.88 bits per heavy atom. The van der Waals surface area contributed by atoms with Gasteiger partial charge in [0, 0.05) is 27.7 Å². The van der Waals surface area contributed by atoms with Gasteiger partial charge in [0.1, 0.15) is 5.82 Å². The van der Waals surface area contributed by atoms with Gasteiger partial charge in [-0.25, -0.2) is 9.87 Å². The second kappa shape index (κ2) is 7.24. The summed E-state index contributed by atoms with van der Waals surface area (Å²) in [5.41, 5.74) is 3.93. The maximum absolute atomic E-state index is 14.6. The van der Waals surface area contributed by atoms with E-state index < -0.39 is 11.7 Å². The van der Waals surface area contributed by atoms with Crippen LogP contribution in [0.1, 0.15) is 15.9 Å². The number of carbonyl (C=O) groups excluding carboxylic acids is 1. The van der Waals surface area contributed by atoms with Gasteiger partial charge < -0.3 is 9.88 Å². The maximum atomic E-state index is 14.6. The van der Waals surface area contributed by atoms with Crippen molar-refractivity contribution in [1.82, 2.24) is 10.0 Å². The molecule has 0 atom stereocenters. The van der Waals surface area contributed by atoms with Crippen molar-refractivity contribution >= 4 is 39.9 Å². The monoisotopic (exact) mass is 451 g/mol. The van der Waals surface area contributed by atoms with Gasteiger partial charge in [0.05, 0.1) is 16.9 Å². The number of benzene rings is 2. The molecule has 0 aliphatic carbocycles. The van der Waals surface area contributed by atoms with Gasteiger partial charge >= 0.3 is 0 Å². The molecule has 3 rings (SSSR count). The van der Waals surface area contributed by atoms with Crippen LogP contribution >= 0.6 is 22.6 Å². The SMILES string of the molecule is Cc1cc(I)ccc1Nc1cc(F)c(-n2cccc2)cc1C(=O)NO. The zero-order chi connectivity index (χ0) is 18.0. The summed E-state index contributed by atoms with van der Waals surface area (Å²) in [7, 11) is 0. The Hall–Kier alpha value is -2.39. The lowest BCUT2D eigenvalue weighted by Crippen LogP contribution is -2.20. The molecule has 7 heteroatoms. The Labute approximate surface area is 157 Å². The molecule has 0 saturated heterocycles. The molecule has 128 valence electrons. The summed E-state index contributed by atoms with van der Waals surface area (Å²) in [5, 5.41) is 12.1. The van der Waals surface area contributed by atoms with Gasteiger partial charge in [-0.1, -0.05) is 0 Å². The summed E-state index contributed by atoms with van der Waals surface area (Å²) >= 11 is 2.20. The third-order valence-corrected chi connectivity index (χ3v) is 4.44. The highest BCUT2D eigenvalue weighted by molar-refractivity contribution is 14.1.